The van der Waals surface area contributed by atoms with Crippen LogP contribution in [0.5, 0.6) is 0 Å². The monoisotopic (exact) mass is 214 g/mol. The lowest BCUT2D eigenvalue weighted by Crippen LogP contribution is -1.68. The van der Waals surface area contributed by atoms with E-state index < -0.39 is 0 Å². The molecule has 0 nitrogen and oxygen atoms in total. The van der Waals surface area contributed by atoms with Gasteiger partial charge in [0.1, 0.15) is 0 Å². The number of allylic oxidation sites excluding steroid dienone is 2. The van der Waals surface area contributed by atoms with Gasteiger partial charge in [0.25, 0.3) is 0 Å². The summed E-state index contributed by atoms with van der Waals surface area (Å²) in [5.74, 6) is 6.15. The van der Waals surface area contributed by atoms with Crippen molar-refractivity contribution in [2.75, 3.05) is 5.33 Å². The molecule has 0 spiro atoms. The zero-order valence-corrected chi connectivity index (χ0v) is 8.65. The van der Waals surface area contributed by atoms with Crippen LogP contribution in [0.15, 0.2) is 12.2 Å². The van der Waals surface area contributed by atoms with Crippen LogP contribution in [-0.2, 0) is 0 Å². The van der Waals surface area contributed by atoms with Gasteiger partial charge in [-0.3, -0.25) is 0 Å². The number of alkyl halides is 1. The van der Waals surface area contributed by atoms with Gasteiger partial charge in [0, 0.05) is 18.2 Å². The standard InChI is InChI=1S/C10H15Br/c1-2-3-4-5-6-7-8-9-10-11/h7-8H,2,5-6,9-10H2,1H3/b8-7-. The quantitative estimate of drug-likeness (QED) is 0.291. The summed E-state index contributed by atoms with van der Waals surface area (Å²) in [6.45, 7) is 2.08. The maximum absolute atomic E-state index is 3.36. The predicted octanol–water partition coefficient (Wildman–Crippen LogP) is 3.52. The van der Waals surface area contributed by atoms with Gasteiger partial charge in [-0.1, -0.05) is 35.0 Å². The van der Waals surface area contributed by atoms with Gasteiger partial charge in [-0.2, -0.15) is 0 Å². The second-order valence-corrected chi connectivity index (χ2v) is 2.99. The lowest BCUT2D eigenvalue weighted by Gasteiger charge is -1.83. The molecule has 11 heavy (non-hydrogen) atoms. The Labute approximate surface area is 78.2 Å². The molecule has 0 radical (unpaired) electrons. The van der Waals surface area contributed by atoms with Crippen LogP contribution >= 0.6 is 15.9 Å². The van der Waals surface area contributed by atoms with Crippen molar-refractivity contribution >= 4 is 15.9 Å². The summed E-state index contributed by atoms with van der Waals surface area (Å²) in [6.07, 6.45) is 8.60. The second-order valence-electron chi connectivity index (χ2n) is 2.19. The van der Waals surface area contributed by atoms with Crippen molar-refractivity contribution in [2.45, 2.75) is 32.6 Å². The van der Waals surface area contributed by atoms with Crippen LogP contribution < -0.4 is 0 Å². The van der Waals surface area contributed by atoms with E-state index in [1.807, 2.05) is 0 Å². The molecule has 0 fully saturated rings. The fraction of sp³-hybridized carbons (Fsp3) is 0.600. The molecule has 0 aliphatic carbocycles. The fourth-order valence-corrected chi connectivity index (χ4v) is 0.932. The molecule has 0 bridgehead atoms. The predicted molar refractivity (Wildman–Crippen MR) is 54.9 cm³/mol. The van der Waals surface area contributed by atoms with E-state index in [9.17, 15) is 0 Å². The SMILES string of the molecule is CCC#CCC/C=C\CCBr. The smallest absolute Gasteiger partial charge is 0.0123 e. The van der Waals surface area contributed by atoms with Crippen molar-refractivity contribution < 1.29 is 0 Å². The van der Waals surface area contributed by atoms with Crippen LogP contribution in [0.2, 0.25) is 0 Å². The molecular weight excluding hydrogens is 200 g/mol. The molecule has 0 aromatic heterocycles. The summed E-state index contributed by atoms with van der Waals surface area (Å²) >= 11 is 3.36. The Kier molecular flexibility index (Phi) is 9.58. The Hall–Kier alpha value is -0.220. The number of hydrogen-bond acceptors (Lipinski definition) is 0. The number of unbranched alkanes of at least 4 members (excludes halogenated alkanes) is 1. The molecule has 0 heterocycles. The average molecular weight is 215 g/mol. The van der Waals surface area contributed by atoms with Crippen LogP contribution in [0, 0.1) is 11.8 Å². The highest BCUT2D eigenvalue weighted by molar-refractivity contribution is 9.09. The van der Waals surface area contributed by atoms with Crippen LogP contribution in [0.4, 0.5) is 0 Å². The van der Waals surface area contributed by atoms with Crippen LogP contribution in [0.1, 0.15) is 32.6 Å². The van der Waals surface area contributed by atoms with Crippen molar-refractivity contribution in [3.63, 3.8) is 0 Å². The topological polar surface area (TPSA) is 0 Å². The third-order valence-corrected chi connectivity index (χ3v) is 1.64. The molecule has 0 saturated heterocycles. The minimum atomic E-state index is 0.977. The lowest BCUT2D eigenvalue weighted by atomic mass is 10.2. The Balaban J connectivity index is 3.13. The highest BCUT2D eigenvalue weighted by Crippen LogP contribution is 1.93. The van der Waals surface area contributed by atoms with Crippen molar-refractivity contribution in [3.8, 4) is 11.8 Å². The first-order valence-corrected chi connectivity index (χ1v) is 5.20. The van der Waals surface area contributed by atoms with Crippen molar-refractivity contribution in [2.24, 2.45) is 0 Å². The first kappa shape index (κ1) is 10.8. The van der Waals surface area contributed by atoms with E-state index in [1.54, 1.807) is 0 Å². The zero-order chi connectivity index (χ0) is 8.36. The van der Waals surface area contributed by atoms with Gasteiger partial charge in [-0.15, -0.1) is 11.8 Å². The fourth-order valence-electron chi connectivity index (χ4n) is 0.668. The Morgan fingerprint density at radius 1 is 1.18 bits per heavy atom. The molecule has 0 unspecified atom stereocenters. The molecule has 0 atom stereocenters. The van der Waals surface area contributed by atoms with Crippen molar-refractivity contribution in [1.29, 1.82) is 0 Å². The third-order valence-electron chi connectivity index (χ3n) is 1.18. The van der Waals surface area contributed by atoms with Crippen LogP contribution in [0.25, 0.3) is 0 Å². The molecule has 0 aliphatic heterocycles. The van der Waals surface area contributed by atoms with Gasteiger partial charge in [0.05, 0.1) is 0 Å². The van der Waals surface area contributed by atoms with E-state index in [4.69, 9.17) is 0 Å². The Morgan fingerprint density at radius 3 is 2.55 bits per heavy atom. The molecule has 0 rings (SSSR count). The van der Waals surface area contributed by atoms with Gasteiger partial charge in [-0.05, 0) is 12.8 Å². The number of hydrogen-bond donors (Lipinski definition) is 0. The van der Waals surface area contributed by atoms with E-state index in [0.29, 0.717) is 0 Å². The maximum atomic E-state index is 3.36. The van der Waals surface area contributed by atoms with Gasteiger partial charge in [-0.25, -0.2) is 0 Å². The van der Waals surface area contributed by atoms with Crippen LogP contribution in [0.3, 0.4) is 0 Å². The summed E-state index contributed by atoms with van der Waals surface area (Å²) in [6, 6.07) is 0. The van der Waals surface area contributed by atoms with E-state index in [1.165, 1.54) is 0 Å². The lowest BCUT2D eigenvalue weighted by molar-refractivity contribution is 1.06. The molecule has 1 heteroatoms. The summed E-state index contributed by atoms with van der Waals surface area (Å²) in [5.41, 5.74) is 0. The van der Waals surface area contributed by atoms with Gasteiger partial charge >= 0.3 is 0 Å². The van der Waals surface area contributed by atoms with Crippen molar-refractivity contribution in [3.05, 3.63) is 12.2 Å². The molecule has 0 aromatic rings. The molecule has 0 aromatic carbocycles. The van der Waals surface area contributed by atoms with Crippen molar-refractivity contribution in [1.82, 2.24) is 0 Å². The number of halogens is 1. The highest BCUT2D eigenvalue weighted by Gasteiger charge is 1.75. The van der Waals surface area contributed by atoms with Gasteiger partial charge in [0.2, 0.25) is 0 Å². The minimum Gasteiger partial charge on any atom is -0.104 e. The minimum absolute atomic E-state index is 0.977. The number of rotatable bonds is 4. The van der Waals surface area contributed by atoms with Crippen LogP contribution in [-0.4, -0.2) is 5.33 Å². The Bertz CT molecular complexity index is 148. The Morgan fingerprint density at radius 2 is 1.91 bits per heavy atom. The molecular formula is C10H15Br. The highest BCUT2D eigenvalue weighted by atomic mass is 79.9. The normalized spacial score (nSPS) is 9.64. The molecule has 0 aliphatic rings. The summed E-state index contributed by atoms with van der Waals surface area (Å²) < 4.78 is 0. The summed E-state index contributed by atoms with van der Waals surface area (Å²) in [4.78, 5) is 0. The zero-order valence-electron chi connectivity index (χ0n) is 7.07. The summed E-state index contributed by atoms with van der Waals surface area (Å²) in [7, 11) is 0. The summed E-state index contributed by atoms with van der Waals surface area (Å²) in [5, 5.41) is 1.06. The van der Waals surface area contributed by atoms with E-state index in [-0.39, 0.29) is 0 Å². The van der Waals surface area contributed by atoms with E-state index in [2.05, 4.69) is 46.8 Å². The first-order chi connectivity index (χ1) is 5.41. The molecule has 0 saturated carbocycles. The molecule has 0 amide bonds. The molecule has 62 valence electrons. The average Bonchev–Trinajstić information content (AvgIpc) is 2.03. The van der Waals surface area contributed by atoms with E-state index in [0.717, 1.165) is 31.0 Å². The van der Waals surface area contributed by atoms with E-state index >= 15 is 0 Å². The van der Waals surface area contributed by atoms with Gasteiger partial charge < -0.3 is 0 Å². The maximum Gasteiger partial charge on any atom is 0.0123 e. The largest absolute Gasteiger partial charge is 0.104 e. The second kappa shape index (κ2) is 9.78. The first-order valence-electron chi connectivity index (χ1n) is 4.08. The molecule has 0 N–H and O–H groups in total. The third kappa shape index (κ3) is 9.78. The van der Waals surface area contributed by atoms with Gasteiger partial charge in [0.15, 0.2) is 0 Å².